The summed E-state index contributed by atoms with van der Waals surface area (Å²) in [4.78, 5) is 17.6. The summed E-state index contributed by atoms with van der Waals surface area (Å²) in [5.74, 6) is -1.62. The zero-order valence-electron chi connectivity index (χ0n) is 12.6. The molecular formula is C15H16F2N4O2. The number of carbonyl (C=O) groups is 1. The van der Waals surface area contributed by atoms with E-state index in [0.717, 1.165) is 11.6 Å². The molecule has 23 heavy (non-hydrogen) atoms. The Morgan fingerprint density at radius 1 is 1.43 bits per heavy atom. The number of rotatable bonds is 4. The van der Waals surface area contributed by atoms with E-state index >= 15 is 0 Å². The van der Waals surface area contributed by atoms with Gasteiger partial charge in [-0.25, -0.2) is 18.6 Å². The van der Waals surface area contributed by atoms with Crippen LogP contribution in [-0.2, 0) is 24.2 Å². The number of carbonyl (C=O) groups excluding carboxylic acids is 1. The molecule has 2 aromatic rings. The van der Waals surface area contributed by atoms with Gasteiger partial charge in [-0.1, -0.05) is 6.07 Å². The van der Waals surface area contributed by atoms with Crippen LogP contribution >= 0.6 is 0 Å². The highest BCUT2D eigenvalue weighted by Crippen LogP contribution is 2.24. The Morgan fingerprint density at radius 3 is 3.04 bits per heavy atom. The lowest BCUT2D eigenvalue weighted by Gasteiger charge is -2.28. The number of aromatic amines is 1. The minimum atomic E-state index is -0.813. The summed E-state index contributed by atoms with van der Waals surface area (Å²) in [5, 5.41) is 6.52. The van der Waals surface area contributed by atoms with Crippen molar-refractivity contribution in [1.29, 1.82) is 0 Å². The van der Waals surface area contributed by atoms with E-state index in [1.54, 1.807) is 13.0 Å². The summed E-state index contributed by atoms with van der Waals surface area (Å²) in [7, 11) is 0. The molecule has 0 saturated carbocycles. The van der Waals surface area contributed by atoms with Crippen LogP contribution in [-0.4, -0.2) is 39.2 Å². The van der Waals surface area contributed by atoms with Crippen LogP contribution in [0.2, 0.25) is 0 Å². The SMILES string of the molecule is CCOC(=O)c1n[nH]c(CN2CCc3c(ccc(F)c3F)C2)n1. The van der Waals surface area contributed by atoms with Crippen molar-refractivity contribution in [2.24, 2.45) is 0 Å². The molecule has 8 heteroatoms. The fraction of sp³-hybridized carbons (Fsp3) is 0.400. The highest BCUT2D eigenvalue weighted by molar-refractivity contribution is 5.84. The molecule has 1 N–H and O–H groups in total. The maximum atomic E-state index is 13.7. The van der Waals surface area contributed by atoms with Crippen LogP contribution < -0.4 is 0 Å². The molecule has 0 aliphatic carbocycles. The Morgan fingerprint density at radius 2 is 2.26 bits per heavy atom. The number of H-pyrrole nitrogens is 1. The number of aromatic nitrogens is 3. The normalized spacial score (nSPS) is 14.6. The first kappa shape index (κ1) is 15.5. The first-order valence-electron chi connectivity index (χ1n) is 7.35. The van der Waals surface area contributed by atoms with Gasteiger partial charge < -0.3 is 4.74 Å². The van der Waals surface area contributed by atoms with E-state index < -0.39 is 17.6 Å². The van der Waals surface area contributed by atoms with Gasteiger partial charge in [-0.2, -0.15) is 0 Å². The monoisotopic (exact) mass is 322 g/mol. The number of ether oxygens (including phenoxy) is 1. The molecule has 0 amide bonds. The average molecular weight is 322 g/mol. The van der Waals surface area contributed by atoms with Crippen molar-refractivity contribution in [3.8, 4) is 0 Å². The number of hydrogen-bond acceptors (Lipinski definition) is 5. The van der Waals surface area contributed by atoms with E-state index in [4.69, 9.17) is 4.74 Å². The van der Waals surface area contributed by atoms with Gasteiger partial charge in [0.25, 0.3) is 5.82 Å². The molecule has 1 aliphatic heterocycles. The molecule has 0 atom stereocenters. The molecule has 1 aliphatic rings. The Labute approximate surface area is 131 Å². The first-order valence-corrected chi connectivity index (χ1v) is 7.35. The zero-order chi connectivity index (χ0) is 16.4. The third-order valence-electron chi connectivity index (χ3n) is 3.73. The second-order valence-corrected chi connectivity index (χ2v) is 5.29. The molecule has 0 fully saturated rings. The van der Waals surface area contributed by atoms with Crippen LogP contribution in [0.15, 0.2) is 12.1 Å². The summed E-state index contributed by atoms with van der Waals surface area (Å²) in [6, 6.07) is 2.75. The fourth-order valence-corrected chi connectivity index (χ4v) is 2.64. The third-order valence-corrected chi connectivity index (χ3v) is 3.73. The molecule has 0 spiro atoms. The van der Waals surface area contributed by atoms with Crippen molar-refractivity contribution in [3.05, 3.63) is 46.5 Å². The quantitative estimate of drug-likeness (QED) is 0.870. The summed E-state index contributed by atoms with van der Waals surface area (Å²) < 4.78 is 31.8. The predicted molar refractivity (Wildman–Crippen MR) is 76.5 cm³/mol. The number of nitrogens with zero attached hydrogens (tertiary/aromatic N) is 3. The molecule has 0 bridgehead atoms. The summed E-state index contributed by atoms with van der Waals surface area (Å²) in [5.41, 5.74) is 1.20. The summed E-state index contributed by atoms with van der Waals surface area (Å²) >= 11 is 0. The standard InChI is InChI=1S/C15H16F2N4O2/c1-2-23-15(22)14-18-12(19-20-14)8-21-6-5-10-9(7-21)3-4-11(16)13(10)17/h3-4H,2,5-8H2,1H3,(H,18,19,20). The number of hydrogen-bond donors (Lipinski definition) is 1. The topological polar surface area (TPSA) is 71.1 Å². The Bertz CT molecular complexity index is 732. The maximum absolute atomic E-state index is 13.7. The van der Waals surface area contributed by atoms with Crippen LogP contribution in [0.4, 0.5) is 8.78 Å². The summed E-state index contributed by atoms with van der Waals surface area (Å²) in [6.45, 7) is 3.46. The Hall–Kier alpha value is -2.35. The lowest BCUT2D eigenvalue weighted by atomic mass is 9.99. The number of nitrogens with one attached hydrogen (secondary N) is 1. The van der Waals surface area contributed by atoms with Crippen LogP contribution in [0.5, 0.6) is 0 Å². The first-order chi connectivity index (χ1) is 11.1. The lowest BCUT2D eigenvalue weighted by Crippen LogP contribution is -2.31. The largest absolute Gasteiger partial charge is 0.460 e. The maximum Gasteiger partial charge on any atom is 0.378 e. The van der Waals surface area contributed by atoms with Crippen molar-refractivity contribution in [2.45, 2.75) is 26.4 Å². The summed E-state index contributed by atoms with van der Waals surface area (Å²) in [6.07, 6.45) is 0.428. The highest BCUT2D eigenvalue weighted by atomic mass is 19.2. The van der Waals surface area contributed by atoms with Crippen LogP contribution in [0, 0.1) is 11.6 Å². The van der Waals surface area contributed by atoms with Gasteiger partial charge in [0.05, 0.1) is 13.2 Å². The fourth-order valence-electron chi connectivity index (χ4n) is 2.64. The van der Waals surface area contributed by atoms with Gasteiger partial charge in [-0.3, -0.25) is 10.00 Å². The van der Waals surface area contributed by atoms with E-state index in [2.05, 4.69) is 15.2 Å². The number of halogens is 2. The average Bonchev–Trinajstić information content (AvgIpc) is 3.00. The molecule has 0 saturated heterocycles. The molecule has 2 heterocycles. The van der Waals surface area contributed by atoms with Crippen LogP contribution in [0.1, 0.15) is 34.5 Å². The van der Waals surface area contributed by atoms with Gasteiger partial charge in [-0.15, -0.1) is 5.10 Å². The molecule has 0 unspecified atom stereocenters. The minimum absolute atomic E-state index is 0.00706. The van der Waals surface area contributed by atoms with Gasteiger partial charge in [0.1, 0.15) is 5.82 Å². The molecule has 6 nitrogen and oxygen atoms in total. The van der Waals surface area contributed by atoms with Gasteiger partial charge in [0.15, 0.2) is 11.6 Å². The van der Waals surface area contributed by atoms with Crippen molar-refractivity contribution in [3.63, 3.8) is 0 Å². The Balaban J connectivity index is 1.68. The highest BCUT2D eigenvalue weighted by Gasteiger charge is 2.22. The van der Waals surface area contributed by atoms with E-state index in [1.165, 1.54) is 0 Å². The molecular weight excluding hydrogens is 306 g/mol. The van der Waals surface area contributed by atoms with Crippen molar-refractivity contribution in [1.82, 2.24) is 20.1 Å². The number of benzene rings is 1. The molecule has 0 radical (unpaired) electrons. The molecule has 1 aromatic heterocycles. The second-order valence-electron chi connectivity index (χ2n) is 5.29. The predicted octanol–water partition coefficient (Wildman–Crippen LogP) is 1.82. The molecule has 122 valence electrons. The van der Waals surface area contributed by atoms with Crippen molar-refractivity contribution < 1.29 is 18.3 Å². The van der Waals surface area contributed by atoms with Crippen molar-refractivity contribution >= 4 is 5.97 Å². The lowest BCUT2D eigenvalue weighted by molar-refractivity contribution is 0.0512. The van der Waals surface area contributed by atoms with E-state index in [9.17, 15) is 13.6 Å². The number of fused-ring (bicyclic) bond motifs is 1. The number of esters is 1. The van der Waals surface area contributed by atoms with E-state index in [1.807, 2.05) is 4.90 Å². The van der Waals surface area contributed by atoms with Gasteiger partial charge in [0, 0.05) is 13.1 Å². The molecule has 3 rings (SSSR count). The smallest absolute Gasteiger partial charge is 0.378 e. The minimum Gasteiger partial charge on any atom is -0.460 e. The third kappa shape index (κ3) is 3.21. The second kappa shape index (κ2) is 6.41. The molecule has 1 aromatic carbocycles. The Kier molecular flexibility index (Phi) is 4.33. The zero-order valence-corrected chi connectivity index (χ0v) is 12.6. The van der Waals surface area contributed by atoms with Gasteiger partial charge in [0.2, 0.25) is 0 Å². The van der Waals surface area contributed by atoms with Crippen molar-refractivity contribution in [2.75, 3.05) is 13.2 Å². The van der Waals surface area contributed by atoms with Crippen LogP contribution in [0.25, 0.3) is 0 Å². The van der Waals surface area contributed by atoms with E-state index in [0.29, 0.717) is 37.4 Å². The van der Waals surface area contributed by atoms with Gasteiger partial charge in [-0.05, 0) is 30.5 Å². The van der Waals surface area contributed by atoms with Gasteiger partial charge >= 0.3 is 5.97 Å². The van der Waals surface area contributed by atoms with Crippen LogP contribution in [0.3, 0.4) is 0 Å². The van der Waals surface area contributed by atoms with E-state index in [-0.39, 0.29) is 12.4 Å².